The second kappa shape index (κ2) is 10.1. The molecule has 0 atom stereocenters. The number of benzene rings is 1. The van der Waals surface area contributed by atoms with Gasteiger partial charge in [-0.15, -0.1) is 0 Å². The monoisotopic (exact) mass is 393 g/mol. The summed E-state index contributed by atoms with van der Waals surface area (Å²) in [6, 6.07) is 11.2. The Kier molecular flexibility index (Phi) is 6.99. The summed E-state index contributed by atoms with van der Waals surface area (Å²) in [6.45, 7) is 7.86. The van der Waals surface area contributed by atoms with Gasteiger partial charge in [-0.2, -0.15) is 4.98 Å². The van der Waals surface area contributed by atoms with Crippen LogP contribution in [0.3, 0.4) is 0 Å². The van der Waals surface area contributed by atoms with Crippen LogP contribution in [0.4, 0.5) is 11.8 Å². The molecule has 4 rings (SSSR count). The molecule has 1 aromatic heterocycles. The summed E-state index contributed by atoms with van der Waals surface area (Å²) < 4.78 is 0. The fourth-order valence-electron chi connectivity index (χ4n) is 4.59. The molecular weight excluding hydrogens is 358 g/mol. The molecule has 3 heterocycles. The molecule has 0 unspecified atom stereocenters. The van der Waals surface area contributed by atoms with Crippen molar-refractivity contribution in [3.8, 4) is 11.1 Å². The molecular formula is C24H35N5. The highest BCUT2D eigenvalue weighted by Crippen LogP contribution is 2.29. The van der Waals surface area contributed by atoms with E-state index < -0.39 is 0 Å². The molecule has 2 aliphatic heterocycles. The number of nitrogens with one attached hydrogen (secondary N) is 1. The average Bonchev–Trinajstić information content (AvgIpc) is 2.80. The number of piperidine rings is 2. The first-order valence-corrected chi connectivity index (χ1v) is 11.5. The molecule has 0 saturated carbocycles. The Morgan fingerprint density at radius 2 is 1.76 bits per heavy atom. The lowest BCUT2D eigenvalue weighted by molar-refractivity contribution is 0.141. The number of unbranched alkanes of at least 4 members (excludes halogenated alkanes) is 1. The minimum absolute atomic E-state index is 0.747. The number of rotatable bonds is 7. The van der Waals surface area contributed by atoms with Crippen molar-refractivity contribution in [3.63, 3.8) is 0 Å². The molecule has 156 valence electrons. The number of nitrogens with zero attached hydrogens (tertiary/aromatic N) is 4. The highest BCUT2D eigenvalue weighted by atomic mass is 15.3. The van der Waals surface area contributed by atoms with Gasteiger partial charge in [0.05, 0.1) is 0 Å². The smallest absolute Gasteiger partial charge is 0.227 e. The maximum Gasteiger partial charge on any atom is 0.227 e. The first-order valence-electron chi connectivity index (χ1n) is 11.5. The Bertz CT molecular complexity index is 749. The Hall–Kier alpha value is -2.14. The van der Waals surface area contributed by atoms with Crippen LogP contribution in [0.25, 0.3) is 11.1 Å². The zero-order valence-electron chi connectivity index (χ0n) is 17.8. The third kappa shape index (κ3) is 5.08. The van der Waals surface area contributed by atoms with Gasteiger partial charge >= 0.3 is 0 Å². The average molecular weight is 394 g/mol. The Labute approximate surface area is 175 Å². The van der Waals surface area contributed by atoms with Gasteiger partial charge in [0.15, 0.2) is 0 Å². The van der Waals surface area contributed by atoms with Crippen molar-refractivity contribution < 1.29 is 0 Å². The van der Waals surface area contributed by atoms with Gasteiger partial charge in [-0.05, 0) is 50.8 Å². The number of aromatic nitrogens is 2. The Balaban J connectivity index is 1.47. The summed E-state index contributed by atoms with van der Waals surface area (Å²) >= 11 is 0. The van der Waals surface area contributed by atoms with Crippen molar-refractivity contribution in [2.24, 2.45) is 0 Å². The largest absolute Gasteiger partial charge is 0.369 e. The predicted molar refractivity (Wildman–Crippen MR) is 122 cm³/mol. The summed E-state index contributed by atoms with van der Waals surface area (Å²) in [5.74, 6) is 1.84. The molecule has 2 aromatic rings. The van der Waals surface area contributed by atoms with E-state index in [1.54, 1.807) is 0 Å². The van der Waals surface area contributed by atoms with E-state index in [2.05, 4.69) is 52.4 Å². The van der Waals surface area contributed by atoms with Gasteiger partial charge in [-0.3, -0.25) is 0 Å². The predicted octanol–water partition coefficient (Wildman–Crippen LogP) is 4.81. The first-order chi connectivity index (χ1) is 14.3. The fourth-order valence-corrected chi connectivity index (χ4v) is 4.59. The molecule has 29 heavy (non-hydrogen) atoms. The lowest BCUT2D eigenvalue weighted by atomic mass is 10.00. The van der Waals surface area contributed by atoms with E-state index in [-0.39, 0.29) is 0 Å². The molecule has 0 radical (unpaired) electrons. The van der Waals surface area contributed by atoms with Crippen molar-refractivity contribution in [1.82, 2.24) is 14.9 Å². The topological polar surface area (TPSA) is 44.3 Å². The van der Waals surface area contributed by atoms with Crippen molar-refractivity contribution in [3.05, 3.63) is 36.5 Å². The number of likely N-dealkylation sites (tertiary alicyclic amines) is 1. The quantitative estimate of drug-likeness (QED) is 0.684. The van der Waals surface area contributed by atoms with Crippen LogP contribution in [0, 0.1) is 0 Å². The highest BCUT2D eigenvalue weighted by Gasteiger charge is 2.27. The minimum atomic E-state index is 0.747. The van der Waals surface area contributed by atoms with Crippen LogP contribution in [-0.4, -0.2) is 53.6 Å². The molecule has 2 saturated heterocycles. The zero-order valence-corrected chi connectivity index (χ0v) is 17.8. The third-order valence-corrected chi connectivity index (χ3v) is 6.34. The molecule has 0 bridgehead atoms. The zero-order chi connectivity index (χ0) is 19.9. The summed E-state index contributed by atoms with van der Waals surface area (Å²) in [5, 5.41) is 3.57. The van der Waals surface area contributed by atoms with Crippen molar-refractivity contribution in [2.75, 3.05) is 42.9 Å². The second-order valence-corrected chi connectivity index (χ2v) is 8.39. The summed E-state index contributed by atoms with van der Waals surface area (Å²) in [7, 11) is 0. The van der Waals surface area contributed by atoms with E-state index in [1.165, 1.54) is 57.2 Å². The van der Waals surface area contributed by atoms with Crippen LogP contribution in [-0.2, 0) is 0 Å². The van der Waals surface area contributed by atoms with Gasteiger partial charge in [-0.1, -0.05) is 50.1 Å². The van der Waals surface area contributed by atoms with Gasteiger partial charge in [-0.25, -0.2) is 4.98 Å². The van der Waals surface area contributed by atoms with Gasteiger partial charge in [0.1, 0.15) is 5.82 Å². The summed E-state index contributed by atoms with van der Waals surface area (Å²) in [5.41, 5.74) is 2.26. The van der Waals surface area contributed by atoms with Crippen LogP contribution in [0.2, 0.25) is 0 Å². The Morgan fingerprint density at radius 1 is 1.00 bits per heavy atom. The lowest BCUT2D eigenvalue weighted by Crippen LogP contribution is -2.47. The van der Waals surface area contributed by atoms with Crippen molar-refractivity contribution in [2.45, 2.75) is 57.9 Å². The van der Waals surface area contributed by atoms with E-state index in [0.717, 1.165) is 49.4 Å². The minimum Gasteiger partial charge on any atom is -0.369 e. The van der Waals surface area contributed by atoms with Crippen LogP contribution in [0.15, 0.2) is 36.5 Å². The molecule has 0 spiro atoms. The Morgan fingerprint density at radius 3 is 2.48 bits per heavy atom. The number of hydrogen-bond donors (Lipinski definition) is 1. The number of anilines is 2. The van der Waals surface area contributed by atoms with E-state index in [1.807, 2.05) is 6.20 Å². The summed E-state index contributed by atoms with van der Waals surface area (Å²) in [4.78, 5) is 14.8. The maximum atomic E-state index is 4.97. The van der Waals surface area contributed by atoms with E-state index >= 15 is 0 Å². The van der Waals surface area contributed by atoms with Crippen LogP contribution in [0.5, 0.6) is 0 Å². The molecule has 2 aliphatic rings. The molecule has 5 heteroatoms. The van der Waals surface area contributed by atoms with Gasteiger partial charge in [0.2, 0.25) is 5.95 Å². The van der Waals surface area contributed by atoms with E-state index in [0.29, 0.717) is 0 Å². The van der Waals surface area contributed by atoms with Crippen LogP contribution < -0.4 is 10.2 Å². The van der Waals surface area contributed by atoms with Gasteiger partial charge in [0.25, 0.3) is 0 Å². The molecule has 1 N–H and O–H groups in total. The lowest BCUT2D eigenvalue weighted by Gasteiger charge is -2.40. The van der Waals surface area contributed by atoms with Gasteiger partial charge in [0, 0.05) is 37.4 Å². The third-order valence-electron chi connectivity index (χ3n) is 6.34. The van der Waals surface area contributed by atoms with Crippen molar-refractivity contribution in [1.29, 1.82) is 0 Å². The molecule has 5 nitrogen and oxygen atoms in total. The first kappa shape index (κ1) is 20.1. The SMILES string of the molecule is CCCCNc1nc(N2CCC(N3CCCCC3)CC2)ncc1-c1ccccc1. The van der Waals surface area contributed by atoms with Gasteiger partial charge < -0.3 is 15.1 Å². The van der Waals surface area contributed by atoms with E-state index in [9.17, 15) is 0 Å². The molecule has 2 fully saturated rings. The van der Waals surface area contributed by atoms with Crippen LogP contribution in [0.1, 0.15) is 51.9 Å². The fraction of sp³-hybridized carbons (Fsp3) is 0.583. The van der Waals surface area contributed by atoms with Crippen LogP contribution >= 0.6 is 0 Å². The standard InChI is InChI=1S/C24H35N5/c1-2-3-14-25-23-22(20-10-6-4-7-11-20)19-26-24(27-23)29-17-12-21(13-18-29)28-15-8-5-9-16-28/h4,6-7,10-11,19,21H,2-3,5,8-9,12-18H2,1H3,(H,25,26,27). The highest BCUT2D eigenvalue weighted by molar-refractivity contribution is 5.75. The summed E-state index contributed by atoms with van der Waals surface area (Å²) in [6.07, 6.45) is 10.9. The maximum absolute atomic E-state index is 4.97. The molecule has 0 amide bonds. The second-order valence-electron chi connectivity index (χ2n) is 8.39. The van der Waals surface area contributed by atoms with Crippen molar-refractivity contribution >= 4 is 11.8 Å². The molecule has 1 aromatic carbocycles. The van der Waals surface area contributed by atoms with E-state index in [4.69, 9.17) is 9.97 Å². The number of hydrogen-bond acceptors (Lipinski definition) is 5. The molecule has 0 aliphatic carbocycles. The normalized spacial score (nSPS) is 18.7.